The average molecular weight is 353 g/mol. The number of rotatable bonds is 11. The highest BCUT2D eigenvalue weighted by Gasteiger charge is 2.64. The normalized spacial score (nSPS) is 33.2. The zero-order valence-corrected chi connectivity index (χ0v) is 15.6. The van der Waals surface area contributed by atoms with E-state index in [4.69, 9.17) is 14.6 Å². The van der Waals surface area contributed by atoms with E-state index in [0.717, 1.165) is 25.7 Å². The molecular weight excluding hydrogens is 316 g/mol. The Hall–Kier alpha value is -0.420. The second kappa shape index (κ2) is 9.50. The number of aliphatic hydroxyl groups excluding tert-OH is 2. The zero-order chi connectivity index (χ0) is 17.5. The molecular formula is C21H36O4. The van der Waals surface area contributed by atoms with Gasteiger partial charge in [-0.2, -0.15) is 0 Å². The summed E-state index contributed by atoms with van der Waals surface area (Å²) in [6.07, 6.45) is 17.2. The molecule has 2 aliphatic carbocycles. The van der Waals surface area contributed by atoms with Crippen molar-refractivity contribution in [3.8, 4) is 0 Å². The van der Waals surface area contributed by atoms with E-state index >= 15 is 0 Å². The Morgan fingerprint density at radius 2 is 1.56 bits per heavy atom. The molecule has 0 aromatic rings. The van der Waals surface area contributed by atoms with E-state index in [2.05, 4.69) is 12.2 Å². The number of unbranched alkanes of at least 4 members (excludes halogenated alkanes) is 8. The molecule has 3 fully saturated rings. The third-order valence-corrected chi connectivity index (χ3v) is 6.44. The second-order valence-corrected chi connectivity index (χ2v) is 8.14. The first-order valence-electron chi connectivity index (χ1n) is 10.5. The lowest BCUT2D eigenvalue weighted by Gasteiger charge is -2.48. The van der Waals surface area contributed by atoms with E-state index in [1.807, 2.05) is 0 Å². The van der Waals surface area contributed by atoms with Gasteiger partial charge in [-0.25, -0.2) is 0 Å². The predicted octanol–water partition coefficient (Wildman–Crippen LogP) is 3.81. The number of hydrogen-bond acceptors (Lipinski definition) is 4. The Labute approximate surface area is 152 Å². The molecule has 3 rings (SSSR count). The van der Waals surface area contributed by atoms with E-state index < -0.39 is 0 Å². The maximum absolute atomic E-state index is 10.5. The van der Waals surface area contributed by atoms with E-state index in [9.17, 15) is 5.11 Å². The van der Waals surface area contributed by atoms with Crippen LogP contribution in [0.4, 0.5) is 0 Å². The van der Waals surface area contributed by atoms with Crippen molar-refractivity contribution >= 4 is 0 Å². The van der Waals surface area contributed by atoms with Gasteiger partial charge in [0.05, 0.1) is 19.3 Å². The van der Waals surface area contributed by atoms with Gasteiger partial charge < -0.3 is 19.7 Å². The van der Waals surface area contributed by atoms with Gasteiger partial charge in [-0.15, -0.1) is 0 Å². The lowest BCUT2D eigenvalue weighted by molar-refractivity contribution is -0.275. The minimum Gasteiger partial charge on any atom is -0.396 e. The summed E-state index contributed by atoms with van der Waals surface area (Å²) in [5.74, 6) is 0.712. The predicted molar refractivity (Wildman–Crippen MR) is 98.1 cm³/mol. The van der Waals surface area contributed by atoms with Gasteiger partial charge in [0.15, 0.2) is 5.79 Å². The molecule has 144 valence electrons. The fraction of sp³-hybridized carbons (Fsp3) is 0.905. The molecule has 0 bridgehead atoms. The van der Waals surface area contributed by atoms with Gasteiger partial charge in [-0.3, -0.25) is 0 Å². The van der Waals surface area contributed by atoms with Crippen molar-refractivity contribution in [3.05, 3.63) is 12.2 Å². The van der Waals surface area contributed by atoms with Crippen LogP contribution in [0.1, 0.15) is 70.6 Å². The number of hydrogen-bond donors (Lipinski definition) is 2. The Bertz CT molecular complexity index is 416. The highest BCUT2D eigenvalue weighted by molar-refractivity contribution is 5.12. The molecule has 1 saturated heterocycles. The lowest BCUT2D eigenvalue weighted by Crippen LogP contribution is -2.54. The summed E-state index contributed by atoms with van der Waals surface area (Å²) in [6, 6.07) is 0. The first-order valence-corrected chi connectivity index (χ1v) is 10.5. The molecule has 1 unspecified atom stereocenters. The Kier molecular flexibility index (Phi) is 7.35. The smallest absolute Gasteiger partial charge is 0.172 e. The summed E-state index contributed by atoms with van der Waals surface area (Å²) in [5, 5.41) is 19.2. The van der Waals surface area contributed by atoms with Crippen molar-refractivity contribution in [1.82, 2.24) is 0 Å². The SMILES string of the molecule is OCCCCCCCCCCC=C[C@@H]1C[C@H]2[C@@H](CC23OCCO3)C1O. The number of aliphatic hydroxyl groups is 2. The van der Waals surface area contributed by atoms with E-state index in [1.165, 1.54) is 44.9 Å². The molecule has 1 spiro atoms. The van der Waals surface area contributed by atoms with Gasteiger partial charge in [-0.1, -0.05) is 50.7 Å². The Balaban J connectivity index is 1.24. The second-order valence-electron chi connectivity index (χ2n) is 8.14. The molecule has 25 heavy (non-hydrogen) atoms. The van der Waals surface area contributed by atoms with Crippen LogP contribution in [0.25, 0.3) is 0 Å². The Morgan fingerprint density at radius 3 is 2.24 bits per heavy atom. The topological polar surface area (TPSA) is 58.9 Å². The van der Waals surface area contributed by atoms with Crippen LogP contribution in [0, 0.1) is 17.8 Å². The van der Waals surface area contributed by atoms with Crippen LogP contribution in [0.3, 0.4) is 0 Å². The summed E-state index contributed by atoms with van der Waals surface area (Å²) >= 11 is 0. The van der Waals surface area contributed by atoms with Crippen molar-refractivity contribution in [3.63, 3.8) is 0 Å². The minimum atomic E-state index is -0.342. The largest absolute Gasteiger partial charge is 0.396 e. The Morgan fingerprint density at radius 1 is 0.920 bits per heavy atom. The van der Waals surface area contributed by atoms with Crippen molar-refractivity contribution in [2.24, 2.45) is 17.8 Å². The average Bonchev–Trinajstić information content (AvgIpc) is 3.19. The monoisotopic (exact) mass is 352 g/mol. The first kappa shape index (κ1) is 19.3. The number of ether oxygens (including phenoxy) is 2. The molecule has 2 N–H and O–H groups in total. The van der Waals surface area contributed by atoms with Crippen LogP contribution >= 0.6 is 0 Å². The van der Waals surface area contributed by atoms with Gasteiger partial charge in [0, 0.05) is 24.9 Å². The van der Waals surface area contributed by atoms with Crippen molar-refractivity contribution in [2.75, 3.05) is 19.8 Å². The van der Waals surface area contributed by atoms with Crippen LogP contribution in [-0.4, -0.2) is 41.9 Å². The highest BCUT2D eigenvalue weighted by Crippen LogP contribution is 2.59. The van der Waals surface area contributed by atoms with Crippen LogP contribution < -0.4 is 0 Å². The molecule has 2 saturated carbocycles. The molecule has 0 radical (unpaired) electrons. The number of fused-ring (bicyclic) bond motifs is 2. The van der Waals surface area contributed by atoms with E-state index in [1.54, 1.807) is 0 Å². The molecule has 1 aliphatic heterocycles. The first-order chi connectivity index (χ1) is 12.3. The van der Waals surface area contributed by atoms with Gasteiger partial charge in [-0.05, 0) is 31.6 Å². The third kappa shape index (κ3) is 4.65. The van der Waals surface area contributed by atoms with Gasteiger partial charge in [0.2, 0.25) is 0 Å². The minimum absolute atomic E-state index is 0.210. The van der Waals surface area contributed by atoms with Crippen LogP contribution in [-0.2, 0) is 9.47 Å². The highest BCUT2D eigenvalue weighted by atomic mass is 16.7. The maximum Gasteiger partial charge on any atom is 0.172 e. The molecule has 3 aliphatic rings. The van der Waals surface area contributed by atoms with Crippen molar-refractivity contribution in [2.45, 2.75) is 82.5 Å². The lowest BCUT2D eigenvalue weighted by atomic mass is 9.69. The van der Waals surface area contributed by atoms with Crippen molar-refractivity contribution < 1.29 is 19.7 Å². The van der Waals surface area contributed by atoms with E-state index in [-0.39, 0.29) is 17.8 Å². The molecule has 4 atom stereocenters. The third-order valence-electron chi connectivity index (χ3n) is 6.44. The molecule has 4 heteroatoms. The quantitative estimate of drug-likeness (QED) is 0.438. The zero-order valence-electron chi connectivity index (χ0n) is 15.6. The molecule has 0 aromatic carbocycles. The molecule has 0 amide bonds. The maximum atomic E-state index is 10.5. The van der Waals surface area contributed by atoms with Gasteiger partial charge >= 0.3 is 0 Å². The summed E-state index contributed by atoms with van der Waals surface area (Å²) in [4.78, 5) is 0. The summed E-state index contributed by atoms with van der Waals surface area (Å²) in [7, 11) is 0. The fourth-order valence-corrected chi connectivity index (χ4v) is 4.95. The van der Waals surface area contributed by atoms with Gasteiger partial charge in [0.1, 0.15) is 0 Å². The molecule has 1 heterocycles. The van der Waals surface area contributed by atoms with Crippen LogP contribution in [0.5, 0.6) is 0 Å². The van der Waals surface area contributed by atoms with Gasteiger partial charge in [0.25, 0.3) is 0 Å². The fourth-order valence-electron chi connectivity index (χ4n) is 4.95. The number of allylic oxidation sites excluding steroid dienone is 1. The summed E-state index contributed by atoms with van der Waals surface area (Å²) in [6.45, 7) is 1.76. The van der Waals surface area contributed by atoms with Crippen molar-refractivity contribution in [1.29, 1.82) is 0 Å². The standard InChI is InChI=1S/C21H36O4/c22-12-10-8-6-4-2-1-3-5-7-9-11-17-15-19-18(20(17)23)16-21(19)24-13-14-25-21/h9,11,17-20,22-23H,1-8,10,12-16H2/t17-,18-,19+,20?/m1/s1. The van der Waals surface area contributed by atoms with Crippen LogP contribution in [0.15, 0.2) is 12.2 Å². The molecule has 0 aromatic heterocycles. The molecule has 4 nitrogen and oxygen atoms in total. The summed E-state index contributed by atoms with van der Waals surface area (Å²) in [5.41, 5.74) is 0. The van der Waals surface area contributed by atoms with Crippen LogP contribution in [0.2, 0.25) is 0 Å². The van der Waals surface area contributed by atoms with E-state index in [0.29, 0.717) is 31.7 Å². The summed E-state index contributed by atoms with van der Waals surface area (Å²) < 4.78 is 11.7.